The second-order valence-corrected chi connectivity index (χ2v) is 12.2. The highest BCUT2D eigenvalue weighted by atomic mass is 32.2. The van der Waals surface area contributed by atoms with E-state index in [4.69, 9.17) is 9.26 Å². The first-order chi connectivity index (χ1) is 17.6. The molecule has 1 aromatic carbocycles. The molecular weight excluding hydrogens is 490 g/mol. The molecule has 0 spiro atoms. The summed E-state index contributed by atoms with van der Waals surface area (Å²) in [6, 6.07) is 9.56. The van der Waals surface area contributed by atoms with E-state index in [1.807, 2.05) is 11.8 Å². The van der Waals surface area contributed by atoms with Gasteiger partial charge in [-0.1, -0.05) is 44.0 Å². The molecule has 1 aliphatic heterocycles. The van der Waals surface area contributed by atoms with E-state index in [0.717, 1.165) is 52.8 Å². The second kappa shape index (κ2) is 10.4. The van der Waals surface area contributed by atoms with Gasteiger partial charge in [0, 0.05) is 52.9 Å². The largest absolute Gasteiger partial charge is 0.473 e. The fourth-order valence-corrected chi connectivity index (χ4v) is 7.15. The van der Waals surface area contributed by atoms with E-state index in [2.05, 4.69) is 68.5 Å². The van der Waals surface area contributed by atoms with Crippen molar-refractivity contribution in [2.24, 2.45) is 0 Å². The van der Waals surface area contributed by atoms with Gasteiger partial charge in [-0.25, -0.2) is 9.97 Å². The van der Waals surface area contributed by atoms with Crippen LogP contribution < -0.4 is 9.64 Å². The lowest BCUT2D eigenvalue weighted by atomic mass is 10.1. The first-order valence-corrected chi connectivity index (χ1v) is 14.6. The Balaban J connectivity index is 1.12. The maximum atomic E-state index is 6.40. The Hall–Kier alpha value is -2.65. The zero-order valence-electron chi connectivity index (χ0n) is 20.7. The maximum Gasteiger partial charge on any atom is 0.324 e. The summed E-state index contributed by atoms with van der Waals surface area (Å²) in [5.74, 6) is 1.69. The Morgan fingerprint density at radius 1 is 1.06 bits per heavy atom. The molecule has 4 heterocycles. The summed E-state index contributed by atoms with van der Waals surface area (Å²) in [6.45, 7) is 5.77. The highest BCUT2D eigenvalue weighted by molar-refractivity contribution is 8.00. The Kier molecular flexibility index (Phi) is 6.84. The topological polar surface area (TPSA) is 77.2 Å². The summed E-state index contributed by atoms with van der Waals surface area (Å²) in [7, 11) is 0. The van der Waals surface area contributed by atoms with Crippen molar-refractivity contribution in [1.82, 2.24) is 20.1 Å². The standard InChI is InChI=1S/C27H31N5O2S2/c1-17(2)25-30-27(34-31-25)32-13-11-19(12-14-32)33-26-24-23(28-16-29-26)22(15-35-24)18-7-9-21(10-8-18)36-20-5-3-4-6-20/h7-10,15-17,19-20H,3-6,11-14H2,1-2H3. The van der Waals surface area contributed by atoms with Crippen LogP contribution in [-0.4, -0.2) is 44.6 Å². The van der Waals surface area contributed by atoms with Crippen LogP contribution in [-0.2, 0) is 0 Å². The van der Waals surface area contributed by atoms with Crippen molar-refractivity contribution in [3.05, 3.63) is 41.8 Å². The third kappa shape index (κ3) is 4.95. The number of benzene rings is 1. The van der Waals surface area contributed by atoms with Crippen LogP contribution in [0.2, 0.25) is 0 Å². The van der Waals surface area contributed by atoms with Gasteiger partial charge in [-0.15, -0.1) is 23.1 Å². The highest BCUT2D eigenvalue weighted by Gasteiger charge is 2.26. The molecule has 9 heteroatoms. The van der Waals surface area contributed by atoms with Gasteiger partial charge >= 0.3 is 6.01 Å². The van der Waals surface area contributed by atoms with E-state index in [0.29, 0.717) is 11.9 Å². The minimum atomic E-state index is 0.101. The molecule has 4 aromatic rings. The number of aromatic nitrogens is 4. The monoisotopic (exact) mass is 521 g/mol. The molecule has 1 aliphatic carbocycles. The van der Waals surface area contributed by atoms with E-state index in [9.17, 15) is 0 Å². The van der Waals surface area contributed by atoms with Gasteiger partial charge in [0.2, 0.25) is 5.88 Å². The van der Waals surface area contributed by atoms with Crippen LogP contribution in [0.4, 0.5) is 6.01 Å². The normalized spacial score (nSPS) is 17.5. The van der Waals surface area contributed by atoms with Gasteiger partial charge < -0.3 is 14.2 Å². The van der Waals surface area contributed by atoms with E-state index in [-0.39, 0.29) is 12.0 Å². The number of fused-ring (bicyclic) bond motifs is 1. The Morgan fingerprint density at radius 3 is 2.56 bits per heavy atom. The van der Waals surface area contributed by atoms with E-state index >= 15 is 0 Å². The fourth-order valence-electron chi connectivity index (χ4n) is 4.94. The summed E-state index contributed by atoms with van der Waals surface area (Å²) >= 11 is 3.68. The maximum absolute atomic E-state index is 6.40. The summed E-state index contributed by atoms with van der Waals surface area (Å²) in [5.41, 5.74) is 3.30. The molecule has 2 aliphatic rings. The number of thioether (sulfide) groups is 1. The number of rotatable bonds is 7. The molecule has 6 rings (SSSR count). The zero-order chi connectivity index (χ0) is 24.5. The van der Waals surface area contributed by atoms with Crippen LogP contribution in [0.3, 0.4) is 0 Å². The number of hydrogen-bond donors (Lipinski definition) is 0. The first kappa shape index (κ1) is 23.7. The van der Waals surface area contributed by atoms with Crippen molar-refractivity contribution in [1.29, 1.82) is 0 Å². The quantitative estimate of drug-likeness (QED) is 0.259. The van der Waals surface area contributed by atoms with Crippen LogP contribution in [0.5, 0.6) is 5.88 Å². The van der Waals surface area contributed by atoms with Crippen LogP contribution in [0.1, 0.15) is 64.1 Å². The first-order valence-electron chi connectivity index (χ1n) is 12.9. The number of anilines is 1. The van der Waals surface area contributed by atoms with Gasteiger partial charge in [0.25, 0.3) is 0 Å². The molecule has 3 aromatic heterocycles. The molecule has 2 fully saturated rings. The Bertz CT molecular complexity index is 1310. The number of hydrogen-bond acceptors (Lipinski definition) is 9. The third-order valence-corrected chi connectivity index (χ3v) is 9.34. The molecule has 1 saturated carbocycles. The smallest absolute Gasteiger partial charge is 0.324 e. The number of piperidine rings is 1. The number of nitrogens with zero attached hydrogens (tertiary/aromatic N) is 5. The summed E-state index contributed by atoms with van der Waals surface area (Å²) in [4.78, 5) is 17.2. The molecule has 0 amide bonds. The zero-order valence-corrected chi connectivity index (χ0v) is 22.4. The number of ether oxygens (including phenoxy) is 1. The Labute approximate surface area is 219 Å². The predicted molar refractivity (Wildman–Crippen MR) is 145 cm³/mol. The SMILES string of the molecule is CC(C)c1noc(N2CCC(Oc3ncnc4c(-c5ccc(SC6CCCC6)cc5)csc34)CC2)n1. The molecule has 188 valence electrons. The predicted octanol–water partition coefficient (Wildman–Crippen LogP) is 6.95. The van der Waals surface area contributed by atoms with Crippen LogP contribution in [0.25, 0.3) is 21.3 Å². The highest BCUT2D eigenvalue weighted by Crippen LogP contribution is 2.39. The van der Waals surface area contributed by atoms with Gasteiger partial charge in [0.1, 0.15) is 17.1 Å². The van der Waals surface area contributed by atoms with Crippen molar-refractivity contribution >= 4 is 39.3 Å². The lowest BCUT2D eigenvalue weighted by Gasteiger charge is -2.30. The molecule has 36 heavy (non-hydrogen) atoms. The lowest BCUT2D eigenvalue weighted by Crippen LogP contribution is -2.38. The van der Waals surface area contributed by atoms with E-state index < -0.39 is 0 Å². The van der Waals surface area contributed by atoms with Gasteiger partial charge in [-0.2, -0.15) is 4.98 Å². The average Bonchev–Trinajstić information content (AvgIpc) is 3.67. The van der Waals surface area contributed by atoms with Gasteiger partial charge in [0.15, 0.2) is 5.82 Å². The van der Waals surface area contributed by atoms with Gasteiger partial charge in [0.05, 0.1) is 5.52 Å². The fraction of sp³-hybridized carbons (Fsp3) is 0.481. The molecule has 0 unspecified atom stereocenters. The third-order valence-electron chi connectivity index (χ3n) is 7.03. The Morgan fingerprint density at radius 2 is 1.83 bits per heavy atom. The minimum Gasteiger partial charge on any atom is -0.473 e. The van der Waals surface area contributed by atoms with Crippen molar-refractivity contribution in [3.63, 3.8) is 0 Å². The molecular formula is C27H31N5O2S2. The van der Waals surface area contributed by atoms with Crippen molar-refractivity contribution < 1.29 is 9.26 Å². The summed E-state index contributed by atoms with van der Waals surface area (Å²) in [6.07, 6.45) is 8.91. The van der Waals surface area contributed by atoms with Gasteiger partial charge in [-0.3, -0.25) is 0 Å². The van der Waals surface area contributed by atoms with E-state index in [1.54, 1.807) is 17.7 Å². The van der Waals surface area contributed by atoms with Crippen molar-refractivity contribution in [3.8, 4) is 17.0 Å². The molecule has 0 radical (unpaired) electrons. The molecule has 7 nitrogen and oxygen atoms in total. The lowest BCUT2D eigenvalue weighted by molar-refractivity contribution is 0.164. The van der Waals surface area contributed by atoms with Crippen molar-refractivity contribution in [2.45, 2.75) is 74.5 Å². The summed E-state index contributed by atoms with van der Waals surface area (Å²) < 4.78 is 12.9. The minimum absolute atomic E-state index is 0.101. The van der Waals surface area contributed by atoms with Crippen LogP contribution in [0.15, 0.2) is 45.4 Å². The number of thiophene rings is 1. The molecule has 0 bridgehead atoms. The second-order valence-electron chi connectivity index (χ2n) is 9.95. The van der Waals surface area contributed by atoms with Crippen molar-refractivity contribution in [2.75, 3.05) is 18.0 Å². The molecule has 0 N–H and O–H groups in total. The summed E-state index contributed by atoms with van der Waals surface area (Å²) in [5, 5.41) is 7.05. The van der Waals surface area contributed by atoms with Crippen LogP contribution in [0, 0.1) is 0 Å². The molecule has 0 atom stereocenters. The van der Waals surface area contributed by atoms with Gasteiger partial charge in [-0.05, 0) is 30.5 Å². The average molecular weight is 522 g/mol. The van der Waals surface area contributed by atoms with Crippen LogP contribution >= 0.6 is 23.1 Å². The molecule has 1 saturated heterocycles. The van der Waals surface area contributed by atoms with E-state index in [1.165, 1.54) is 36.1 Å².